The molecular weight excluding hydrogens is 334 g/mol. The van der Waals surface area contributed by atoms with Gasteiger partial charge in [0.05, 0.1) is 5.39 Å². The summed E-state index contributed by atoms with van der Waals surface area (Å²) in [7, 11) is 0. The van der Waals surface area contributed by atoms with Crippen molar-refractivity contribution in [2.24, 2.45) is 0 Å². The first kappa shape index (κ1) is 15.9. The van der Waals surface area contributed by atoms with Gasteiger partial charge in [-0.05, 0) is 56.6 Å². The van der Waals surface area contributed by atoms with Gasteiger partial charge in [0.25, 0.3) is 0 Å². The molecule has 0 bridgehead atoms. The summed E-state index contributed by atoms with van der Waals surface area (Å²) in [6.45, 7) is 3.09. The van der Waals surface area contributed by atoms with Crippen LogP contribution < -0.4 is 4.90 Å². The van der Waals surface area contributed by atoms with Gasteiger partial charge in [0.15, 0.2) is 5.16 Å². The molecule has 3 aromatic rings. The van der Waals surface area contributed by atoms with E-state index in [-0.39, 0.29) is 0 Å². The molecule has 4 rings (SSSR count). The fourth-order valence-electron chi connectivity index (χ4n) is 3.47. The molecule has 1 aromatic carbocycles. The van der Waals surface area contributed by atoms with E-state index in [4.69, 9.17) is 9.97 Å². The highest BCUT2D eigenvalue weighted by molar-refractivity contribution is 7.98. The summed E-state index contributed by atoms with van der Waals surface area (Å²) in [5, 5.41) is 2.16. The van der Waals surface area contributed by atoms with E-state index in [1.165, 1.54) is 40.8 Å². The zero-order valence-electron chi connectivity index (χ0n) is 14.1. The van der Waals surface area contributed by atoms with Crippen molar-refractivity contribution in [3.63, 3.8) is 0 Å². The SMILES string of the molecule is CCN(c1ccccc1)c1nc(SC)nc2sc3c(c12)CCCC3. The van der Waals surface area contributed by atoms with Gasteiger partial charge in [0.1, 0.15) is 10.6 Å². The highest BCUT2D eigenvalue weighted by atomic mass is 32.2. The number of hydrogen-bond acceptors (Lipinski definition) is 5. The highest BCUT2D eigenvalue weighted by Gasteiger charge is 2.23. The van der Waals surface area contributed by atoms with E-state index in [0.717, 1.165) is 28.8 Å². The predicted molar refractivity (Wildman–Crippen MR) is 105 cm³/mol. The monoisotopic (exact) mass is 355 g/mol. The van der Waals surface area contributed by atoms with Crippen LogP contribution >= 0.6 is 23.1 Å². The van der Waals surface area contributed by atoms with Gasteiger partial charge in [-0.2, -0.15) is 0 Å². The van der Waals surface area contributed by atoms with Gasteiger partial charge in [-0.3, -0.25) is 0 Å². The lowest BCUT2D eigenvalue weighted by Gasteiger charge is -2.24. The first-order chi connectivity index (χ1) is 11.8. The first-order valence-electron chi connectivity index (χ1n) is 8.50. The molecule has 0 spiro atoms. The van der Waals surface area contributed by atoms with Crippen LogP contribution in [0, 0.1) is 0 Å². The normalized spacial score (nSPS) is 13.9. The summed E-state index contributed by atoms with van der Waals surface area (Å²) < 4.78 is 0. The van der Waals surface area contributed by atoms with Crippen LogP contribution in [-0.2, 0) is 12.8 Å². The molecule has 5 heteroatoms. The van der Waals surface area contributed by atoms with E-state index < -0.39 is 0 Å². The third kappa shape index (κ3) is 2.70. The molecular formula is C19H21N3S2. The van der Waals surface area contributed by atoms with Gasteiger partial charge in [0.2, 0.25) is 0 Å². The zero-order valence-corrected chi connectivity index (χ0v) is 15.7. The molecule has 0 fully saturated rings. The maximum atomic E-state index is 4.93. The smallest absolute Gasteiger partial charge is 0.190 e. The maximum Gasteiger partial charge on any atom is 0.190 e. The lowest BCUT2D eigenvalue weighted by Crippen LogP contribution is -2.18. The summed E-state index contributed by atoms with van der Waals surface area (Å²) >= 11 is 3.50. The molecule has 2 aromatic heterocycles. The van der Waals surface area contributed by atoms with Crippen molar-refractivity contribution in [1.29, 1.82) is 0 Å². The van der Waals surface area contributed by atoms with Crippen LogP contribution in [0.5, 0.6) is 0 Å². The molecule has 24 heavy (non-hydrogen) atoms. The number of thioether (sulfide) groups is 1. The van der Waals surface area contributed by atoms with Crippen molar-refractivity contribution < 1.29 is 0 Å². The molecule has 2 heterocycles. The van der Waals surface area contributed by atoms with Gasteiger partial charge in [-0.15, -0.1) is 11.3 Å². The third-order valence-corrected chi connectivity index (χ3v) is 6.33. The lowest BCUT2D eigenvalue weighted by atomic mass is 9.97. The number of nitrogens with zero attached hydrogens (tertiary/aromatic N) is 3. The molecule has 0 saturated heterocycles. The fourth-order valence-corrected chi connectivity index (χ4v) is 5.14. The molecule has 0 radical (unpaired) electrons. The number of anilines is 2. The van der Waals surface area contributed by atoms with E-state index >= 15 is 0 Å². The molecule has 3 nitrogen and oxygen atoms in total. The van der Waals surface area contributed by atoms with Crippen LogP contribution in [0.15, 0.2) is 35.5 Å². The molecule has 1 aliphatic carbocycles. The topological polar surface area (TPSA) is 29.0 Å². The summed E-state index contributed by atoms with van der Waals surface area (Å²) in [5.74, 6) is 1.08. The Labute approximate surface area is 151 Å². The van der Waals surface area contributed by atoms with Crippen molar-refractivity contribution in [3.05, 3.63) is 40.8 Å². The second kappa shape index (κ2) is 6.73. The highest BCUT2D eigenvalue weighted by Crippen LogP contribution is 2.41. The molecule has 124 valence electrons. The Morgan fingerprint density at radius 2 is 1.92 bits per heavy atom. The zero-order chi connectivity index (χ0) is 16.5. The molecule has 0 unspecified atom stereocenters. The molecule has 1 aliphatic rings. The maximum absolute atomic E-state index is 4.93. The molecule has 0 aliphatic heterocycles. The summed E-state index contributed by atoms with van der Waals surface area (Å²) in [4.78, 5) is 14.8. The summed E-state index contributed by atoms with van der Waals surface area (Å²) in [6, 6.07) is 10.6. The van der Waals surface area contributed by atoms with Crippen molar-refractivity contribution in [2.75, 3.05) is 17.7 Å². The largest absolute Gasteiger partial charge is 0.326 e. The number of hydrogen-bond donors (Lipinski definition) is 0. The Kier molecular flexibility index (Phi) is 4.46. The molecule has 0 amide bonds. The second-order valence-electron chi connectivity index (χ2n) is 6.00. The summed E-state index contributed by atoms with van der Waals surface area (Å²) in [6.07, 6.45) is 6.99. The Balaban J connectivity index is 1.96. The minimum Gasteiger partial charge on any atom is -0.326 e. The first-order valence-corrected chi connectivity index (χ1v) is 10.5. The average molecular weight is 356 g/mol. The number of aromatic nitrogens is 2. The van der Waals surface area contributed by atoms with Crippen molar-refractivity contribution in [2.45, 2.75) is 37.8 Å². The van der Waals surface area contributed by atoms with E-state index in [2.05, 4.69) is 48.4 Å². The third-order valence-electron chi connectivity index (χ3n) is 4.60. The Morgan fingerprint density at radius 1 is 1.12 bits per heavy atom. The fraction of sp³-hybridized carbons (Fsp3) is 0.368. The van der Waals surface area contributed by atoms with E-state index in [1.54, 1.807) is 11.8 Å². The van der Waals surface area contributed by atoms with E-state index in [9.17, 15) is 0 Å². The van der Waals surface area contributed by atoms with E-state index in [0.29, 0.717) is 0 Å². The number of para-hydroxylation sites is 1. The van der Waals surface area contributed by atoms with Crippen molar-refractivity contribution in [3.8, 4) is 0 Å². The number of fused-ring (bicyclic) bond motifs is 3. The van der Waals surface area contributed by atoms with Crippen LogP contribution in [0.3, 0.4) is 0 Å². The predicted octanol–water partition coefficient (Wildman–Crippen LogP) is 5.45. The van der Waals surface area contributed by atoms with Crippen LogP contribution in [0.4, 0.5) is 11.5 Å². The minimum atomic E-state index is 0.866. The van der Waals surface area contributed by atoms with Gasteiger partial charge in [0, 0.05) is 17.1 Å². The van der Waals surface area contributed by atoms with Gasteiger partial charge in [-0.25, -0.2) is 9.97 Å². The lowest BCUT2D eigenvalue weighted by molar-refractivity contribution is 0.700. The quantitative estimate of drug-likeness (QED) is 0.460. The number of aryl methyl sites for hydroxylation is 2. The summed E-state index contributed by atoms with van der Waals surface area (Å²) in [5.41, 5.74) is 2.70. The average Bonchev–Trinajstić information content (AvgIpc) is 3.01. The van der Waals surface area contributed by atoms with Gasteiger partial charge in [-0.1, -0.05) is 30.0 Å². The van der Waals surface area contributed by atoms with Gasteiger partial charge < -0.3 is 4.90 Å². The minimum absolute atomic E-state index is 0.866. The molecule has 0 atom stereocenters. The Morgan fingerprint density at radius 3 is 2.67 bits per heavy atom. The standard InChI is InChI=1S/C19H21N3S2/c1-3-22(13-9-5-4-6-10-13)17-16-14-11-7-8-12-15(14)24-18(16)21-19(20-17)23-2/h4-6,9-10H,3,7-8,11-12H2,1-2H3. The van der Waals surface area contributed by atoms with Crippen LogP contribution in [0.2, 0.25) is 0 Å². The van der Waals surface area contributed by atoms with Crippen LogP contribution in [0.25, 0.3) is 10.2 Å². The van der Waals surface area contributed by atoms with E-state index in [1.807, 2.05) is 11.3 Å². The molecule has 0 saturated carbocycles. The van der Waals surface area contributed by atoms with Gasteiger partial charge >= 0.3 is 0 Å². The van der Waals surface area contributed by atoms with Crippen molar-refractivity contribution >= 4 is 44.8 Å². The Hall–Kier alpha value is -1.59. The van der Waals surface area contributed by atoms with Crippen LogP contribution in [-0.4, -0.2) is 22.8 Å². The second-order valence-corrected chi connectivity index (χ2v) is 7.86. The Bertz CT molecular complexity index is 858. The molecule has 0 N–H and O–H groups in total. The number of rotatable bonds is 4. The number of benzene rings is 1. The van der Waals surface area contributed by atoms with Crippen LogP contribution in [0.1, 0.15) is 30.2 Å². The van der Waals surface area contributed by atoms with Crippen molar-refractivity contribution in [1.82, 2.24) is 9.97 Å². The number of thiophene rings is 1.